The van der Waals surface area contributed by atoms with Gasteiger partial charge in [0.1, 0.15) is 23.0 Å². The van der Waals surface area contributed by atoms with E-state index in [0.29, 0.717) is 86.2 Å². The zero-order valence-electron chi connectivity index (χ0n) is 35.7. The number of carbonyl (C=O) groups excluding carboxylic acids is 4. The molecule has 0 amide bonds. The normalized spacial score (nSPS) is 11.4. The third kappa shape index (κ3) is 13.3. The van der Waals surface area contributed by atoms with Crippen LogP contribution in [0.15, 0.2) is 157 Å². The molecule has 0 radical (unpaired) electrons. The first-order valence-electron chi connectivity index (χ1n) is 20.7. The smallest absolute Gasteiger partial charge is 0.343 e. The van der Waals surface area contributed by atoms with E-state index >= 15 is 0 Å². The fraction of sp³-hybridized carbons (Fsp3) is 0.192. The van der Waals surface area contributed by atoms with Crippen LogP contribution < -0.4 is 18.9 Å². The Labute approximate surface area is 371 Å². The van der Waals surface area contributed by atoms with Gasteiger partial charge in [-0.3, -0.25) is 0 Å². The van der Waals surface area contributed by atoms with E-state index in [9.17, 15) is 19.2 Å². The second-order valence-electron chi connectivity index (χ2n) is 14.5. The maximum atomic E-state index is 12.9. The Hall–Kier alpha value is -7.86. The van der Waals surface area contributed by atoms with Crippen LogP contribution in [0.5, 0.6) is 23.0 Å². The van der Waals surface area contributed by atoms with E-state index in [-0.39, 0.29) is 0 Å². The largest absolute Gasteiger partial charge is 0.494 e. The van der Waals surface area contributed by atoms with Gasteiger partial charge in [-0.1, -0.05) is 49.6 Å². The molecular formula is C52H48N2O10. The zero-order valence-corrected chi connectivity index (χ0v) is 35.7. The molecule has 0 saturated carbocycles. The molecule has 0 bridgehead atoms. The summed E-state index contributed by atoms with van der Waals surface area (Å²) in [6.45, 7) is 12.0. The highest BCUT2D eigenvalue weighted by Crippen LogP contribution is 2.26. The molecule has 0 N–H and O–H groups in total. The highest BCUT2D eigenvalue weighted by atomic mass is 16.5. The zero-order chi connectivity index (χ0) is 45.3. The van der Waals surface area contributed by atoms with Crippen molar-refractivity contribution in [3.8, 4) is 23.0 Å². The van der Waals surface area contributed by atoms with E-state index in [4.69, 9.17) is 28.4 Å². The van der Waals surface area contributed by atoms with E-state index in [2.05, 4.69) is 23.4 Å². The Balaban J connectivity index is 0.983. The molecule has 0 aromatic heterocycles. The summed E-state index contributed by atoms with van der Waals surface area (Å²) in [5.41, 5.74) is 4.04. The van der Waals surface area contributed by atoms with Gasteiger partial charge in [0, 0.05) is 12.2 Å². The summed E-state index contributed by atoms with van der Waals surface area (Å²) in [5.74, 6) is 0.233. The SMILES string of the molecule is C=CC(=O)OCCCCOc1ccc(C(=O)Oc2ccc3cc(C(C)=NN=C(C)c4ccc5cc(OC(=O)c6ccc(OCCCCOC(=O)C=C)cc6)ccc5c4)ccc3c2)cc1. The molecule has 0 heterocycles. The van der Waals surface area contributed by atoms with Gasteiger partial charge in [0.15, 0.2) is 0 Å². The lowest BCUT2D eigenvalue weighted by Gasteiger charge is -2.09. The van der Waals surface area contributed by atoms with Gasteiger partial charge in [-0.15, -0.1) is 0 Å². The minimum atomic E-state index is -0.484. The third-order valence-corrected chi connectivity index (χ3v) is 9.85. The lowest BCUT2D eigenvalue weighted by molar-refractivity contribution is -0.138. The molecule has 0 saturated heterocycles. The second-order valence-corrected chi connectivity index (χ2v) is 14.5. The molecule has 6 aromatic rings. The molecule has 0 spiro atoms. The summed E-state index contributed by atoms with van der Waals surface area (Å²) >= 11 is 0. The van der Waals surface area contributed by atoms with Crippen molar-refractivity contribution in [2.24, 2.45) is 10.2 Å². The van der Waals surface area contributed by atoms with E-state index in [1.807, 2.05) is 74.5 Å². The van der Waals surface area contributed by atoms with Gasteiger partial charge in [-0.25, -0.2) is 19.2 Å². The third-order valence-electron chi connectivity index (χ3n) is 9.85. The molecule has 0 aliphatic heterocycles. The summed E-state index contributed by atoms with van der Waals surface area (Å²) in [6, 6.07) is 36.2. The molecule has 64 heavy (non-hydrogen) atoms. The first-order valence-corrected chi connectivity index (χ1v) is 20.7. The molecular weight excluding hydrogens is 813 g/mol. The molecule has 6 rings (SSSR count). The van der Waals surface area contributed by atoms with Crippen molar-refractivity contribution in [2.45, 2.75) is 39.5 Å². The van der Waals surface area contributed by atoms with Crippen LogP contribution in [-0.4, -0.2) is 61.7 Å². The Kier molecular flexibility index (Phi) is 16.3. The maximum Gasteiger partial charge on any atom is 0.343 e. The van der Waals surface area contributed by atoms with Gasteiger partial charge in [-0.2, -0.15) is 10.2 Å². The Morgan fingerprint density at radius 2 is 0.766 bits per heavy atom. The summed E-state index contributed by atoms with van der Waals surface area (Å²) in [6.07, 6.45) is 5.01. The Bertz CT molecular complexity index is 2520. The molecule has 0 unspecified atom stereocenters. The number of fused-ring (bicyclic) bond motifs is 2. The second kappa shape index (κ2) is 22.8. The highest BCUT2D eigenvalue weighted by Gasteiger charge is 2.12. The van der Waals surface area contributed by atoms with E-state index in [1.54, 1.807) is 60.7 Å². The molecule has 12 heteroatoms. The van der Waals surface area contributed by atoms with Crippen molar-refractivity contribution in [3.63, 3.8) is 0 Å². The van der Waals surface area contributed by atoms with Crippen molar-refractivity contribution in [3.05, 3.63) is 169 Å². The monoisotopic (exact) mass is 860 g/mol. The summed E-state index contributed by atoms with van der Waals surface area (Å²) < 4.78 is 32.7. The molecule has 326 valence electrons. The molecule has 0 atom stereocenters. The molecule has 6 aromatic carbocycles. The van der Waals surface area contributed by atoms with Gasteiger partial charge in [0.25, 0.3) is 0 Å². The fourth-order valence-electron chi connectivity index (χ4n) is 6.25. The fourth-order valence-corrected chi connectivity index (χ4v) is 6.25. The van der Waals surface area contributed by atoms with E-state index in [1.165, 1.54) is 0 Å². The number of unbranched alkanes of at least 4 members (excludes halogenated alkanes) is 2. The minimum Gasteiger partial charge on any atom is -0.494 e. The van der Waals surface area contributed by atoms with Crippen molar-refractivity contribution in [1.82, 2.24) is 0 Å². The van der Waals surface area contributed by atoms with Crippen LogP contribution in [0.2, 0.25) is 0 Å². The van der Waals surface area contributed by atoms with E-state index in [0.717, 1.165) is 56.2 Å². The van der Waals surface area contributed by atoms with Crippen molar-refractivity contribution >= 4 is 56.8 Å². The number of esters is 4. The predicted molar refractivity (Wildman–Crippen MR) is 247 cm³/mol. The van der Waals surface area contributed by atoms with Gasteiger partial charge >= 0.3 is 23.9 Å². The van der Waals surface area contributed by atoms with Crippen LogP contribution in [0, 0.1) is 0 Å². The average molecular weight is 861 g/mol. The van der Waals surface area contributed by atoms with Gasteiger partial charge in [0.2, 0.25) is 0 Å². The van der Waals surface area contributed by atoms with Crippen LogP contribution in [0.1, 0.15) is 71.4 Å². The molecule has 0 aliphatic rings. The lowest BCUT2D eigenvalue weighted by Crippen LogP contribution is -2.08. The molecule has 12 nitrogen and oxygen atoms in total. The van der Waals surface area contributed by atoms with Crippen molar-refractivity contribution < 1.29 is 47.6 Å². The first kappa shape index (κ1) is 45.7. The standard InChI is InChI=1S/C52H48N2O10/c1-5-49(55)61-29-9-7-27-59-45-21-15-37(16-22-45)51(57)63-47-25-19-41-31-39(11-13-43(41)33-47)35(3)53-54-36(4)40-12-14-44-34-48(26-20-42(44)32-40)64-52(58)38-17-23-46(24-18-38)60-28-8-10-30-62-50(56)6-2/h5-6,11-26,31-34H,1-2,7-10,27-30H2,3-4H3. The number of benzene rings is 6. The topological polar surface area (TPSA) is 148 Å². The number of ether oxygens (including phenoxy) is 6. The van der Waals surface area contributed by atoms with Crippen LogP contribution in [-0.2, 0) is 19.1 Å². The quantitative estimate of drug-likeness (QED) is 0.0171. The summed E-state index contributed by atoms with van der Waals surface area (Å²) in [4.78, 5) is 48.0. The average Bonchev–Trinajstić information content (AvgIpc) is 3.32. The number of rotatable bonds is 21. The minimum absolute atomic E-state index is 0.306. The number of nitrogens with zero attached hydrogens (tertiary/aromatic N) is 2. The van der Waals surface area contributed by atoms with Crippen LogP contribution in [0.3, 0.4) is 0 Å². The van der Waals surface area contributed by atoms with Crippen molar-refractivity contribution in [1.29, 1.82) is 0 Å². The summed E-state index contributed by atoms with van der Waals surface area (Å²) in [7, 11) is 0. The maximum absolute atomic E-state index is 12.9. The predicted octanol–water partition coefficient (Wildman–Crippen LogP) is 10.4. The van der Waals surface area contributed by atoms with Gasteiger partial charge < -0.3 is 28.4 Å². The first-order chi connectivity index (χ1) is 31.1. The Morgan fingerprint density at radius 3 is 1.16 bits per heavy atom. The van der Waals surface area contributed by atoms with Crippen molar-refractivity contribution in [2.75, 3.05) is 26.4 Å². The van der Waals surface area contributed by atoms with Crippen LogP contribution >= 0.6 is 0 Å². The number of hydrogen-bond donors (Lipinski definition) is 0. The summed E-state index contributed by atoms with van der Waals surface area (Å²) in [5, 5.41) is 12.8. The molecule has 0 aliphatic carbocycles. The Morgan fingerprint density at radius 1 is 0.438 bits per heavy atom. The van der Waals surface area contributed by atoms with Crippen LogP contribution in [0.4, 0.5) is 0 Å². The highest BCUT2D eigenvalue weighted by molar-refractivity contribution is 6.05. The van der Waals surface area contributed by atoms with Crippen LogP contribution in [0.25, 0.3) is 21.5 Å². The number of hydrogen-bond acceptors (Lipinski definition) is 12. The number of carbonyl (C=O) groups is 4. The van der Waals surface area contributed by atoms with Gasteiger partial charge in [-0.05, 0) is 157 Å². The van der Waals surface area contributed by atoms with Gasteiger partial charge in [0.05, 0.1) is 49.0 Å². The molecule has 0 fully saturated rings. The van der Waals surface area contributed by atoms with E-state index < -0.39 is 23.9 Å². The lowest BCUT2D eigenvalue weighted by atomic mass is 10.0.